The van der Waals surface area contributed by atoms with Crippen molar-refractivity contribution in [1.82, 2.24) is 0 Å². The molecule has 1 aliphatic heterocycles. The molecule has 1 aliphatic rings. The first-order chi connectivity index (χ1) is 15.5. The Morgan fingerprint density at radius 2 is 1.72 bits per heavy atom. The highest BCUT2D eigenvalue weighted by atomic mass is 19.1. The summed E-state index contributed by atoms with van der Waals surface area (Å²) >= 11 is 0. The Morgan fingerprint density at radius 1 is 1.00 bits per heavy atom. The number of carbonyl (C=O) groups is 2. The van der Waals surface area contributed by atoms with Crippen LogP contribution in [-0.2, 0) is 9.59 Å². The largest absolute Gasteiger partial charge is 0.507 e. The van der Waals surface area contributed by atoms with Crippen LogP contribution in [0.4, 0.5) is 10.1 Å². The number of hydrogen-bond donors (Lipinski definition) is 1. The van der Waals surface area contributed by atoms with E-state index >= 15 is 0 Å². The topological polar surface area (TPSA) is 66.8 Å². The number of aliphatic hydroxyl groups excluding tert-OH is 1. The first-order valence-electron chi connectivity index (χ1n) is 10.4. The SMILES string of the molecule is CCCOc1cccc(/C(O)=C2/C(=O)C(=O)N(c3ccccc3)C2c2ccccc2F)c1. The third kappa shape index (κ3) is 3.87. The zero-order chi connectivity index (χ0) is 22.7. The molecule has 1 atom stereocenters. The van der Waals surface area contributed by atoms with Crippen molar-refractivity contribution in [3.8, 4) is 5.75 Å². The van der Waals surface area contributed by atoms with Crippen LogP contribution in [0, 0.1) is 5.82 Å². The van der Waals surface area contributed by atoms with Crippen LogP contribution in [0.1, 0.15) is 30.5 Å². The molecule has 1 amide bonds. The molecule has 6 heteroatoms. The van der Waals surface area contributed by atoms with E-state index in [0.717, 1.165) is 6.42 Å². The highest BCUT2D eigenvalue weighted by molar-refractivity contribution is 6.51. The standard InChI is InChI=1S/C26H22FNO4/c1-2-15-32-19-12-8-9-17(16-19)24(29)22-23(20-13-6-7-14-21(20)27)28(26(31)25(22)30)18-10-4-3-5-11-18/h3-14,16,23,29H,2,15H2,1H3/b24-22-. The number of rotatable bonds is 6. The predicted molar refractivity (Wildman–Crippen MR) is 120 cm³/mol. The number of Topliss-reactive ketones (excluding diaryl/α,β-unsaturated/α-hetero) is 1. The van der Waals surface area contributed by atoms with Gasteiger partial charge in [0, 0.05) is 16.8 Å². The maximum atomic E-state index is 14.9. The Morgan fingerprint density at radius 3 is 2.44 bits per heavy atom. The molecule has 4 rings (SSSR count). The minimum atomic E-state index is -1.11. The maximum absolute atomic E-state index is 14.9. The van der Waals surface area contributed by atoms with Crippen molar-refractivity contribution in [3.05, 3.63) is 101 Å². The summed E-state index contributed by atoms with van der Waals surface area (Å²) in [5.41, 5.74) is 0.694. The van der Waals surface area contributed by atoms with Gasteiger partial charge in [0.05, 0.1) is 18.2 Å². The molecule has 1 N–H and O–H groups in total. The third-order valence-corrected chi connectivity index (χ3v) is 5.26. The number of carbonyl (C=O) groups excluding carboxylic acids is 2. The summed E-state index contributed by atoms with van der Waals surface area (Å²) in [6.07, 6.45) is 0.811. The van der Waals surface area contributed by atoms with Gasteiger partial charge in [0.2, 0.25) is 0 Å². The van der Waals surface area contributed by atoms with E-state index in [0.29, 0.717) is 23.6 Å². The van der Waals surface area contributed by atoms with E-state index in [9.17, 15) is 19.1 Å². The molecule has 0 saturated carbocycles. The number of para-hydroxylation sites is 1. The van der Waals surface area contributed by atoms with Crippen LogP contribution in [0.15, 0.2) is 84.4 Å². The zero-order valence-electron chi connectivity index (χ0n) is 17.5. The van der Waals surface area contributed by atoms with Gasteiger partial charge in [0.1, 0.15) is 17.3 Å². The van der Waals surface area contributed by atoms with Crippen molar-refractivity contribution in [2.24, 2.45) is 0 Å². The molecule has 1 unspecified atom stereocenters. The van der Waals surface area contributed by atoms with E-state index < -0.39 is 23.5 Å². The number of halogens is 1. The minimum Gasteiger partial charge on any atom is -0.507 e. The minimum absolute atomic E-state index is 0.121. The van der Waals surface area contributed by atoms with Gasteiger partial charge in [-0.2, -0.15) is 0 Å². The number of hydrogen-bond acceptors (Lipinski definition) is 4. The molecule has 1 fully saturated rings. The summed E-state index contributed by atoms with van der Waals surface area (Å²) in [6, 6.07) is 20.0. The molecule has 1 heterocycles. The third-order valence-electron chi connectivity index (χ3n) is 5.26. The van der Waals surface area contributed by atoms with Gasteiger partial charge in [-0.3, -0.25) is 14.5 Å². The fourth-order valence-electron chi connectivity index (χ4n) is 3.79. The molecule has 1 saturated heterocycles. The molecule has 0 bridgehead atoms. The summed E-state index contributed by atoms with van der Waals surface area (Å²) in [5, 5.41) is 11.1. The van der Waals surface area contributed by atoms with Crippen molar-refractivity contribution >= 4 is 23.1 Å². The van der Waals surface area contributed by atoms with Gasteiger partial charge in [-0.05, 0) is 36.8 Å². The fourth-order valence-corrected chi connectivity index (χ4v) is 3.79. The van der Waals surface area contributed by atoms with Crippen molar-refractivity contribution in [1.29, 1.82) is 0 Å². The normalized spacial score (nSPS) is 17.6. The average molecular weight is 431 g/mol. The summed E-state index contributed by atoms with van der Waals surface area (Å²) in [5.74, 6) is -2.14. The Kier molecular flexibility index (Phi) is 6.03. The van der Waals surface area contributed by atoms with Crippen molar-refractivity contribution in [3.63, 3.8) is 0 Å². The van der Waals surface area contributed by atoms with Crippen LogP contribution in [0.2, 0.25) is 0 Å². The second-order valence-corrected chi connectivity index (χ2v) is 7.40. The van der Waals surface area contributed by atoms with Gasteiger partial charge >= 0.3 is 0 Å². The van der Waals surface area contributed by atoms with Crippen molar-refractivity contribution in [2.45, 2.75) is 19.4 Å². The fraction of sp³-hybridized carbons (Fsp3) is 0.154. The number of ketones is 1. The average Bonchev–Trinajstić information content (AvgIpc) is 3.08. The zero-order valence-corrected chi connectivity index (χ0v) is 17.5. The molecular formula is C26H22FNO4. The lowest BCUT2D eigenvalue weighted by Crippen LogP contribution is -2.29. The monoisotopic (exact) mass is 431 g/mol. The molecule has 3 aromatic rings. The number of nitrogens with zero attached hydrogens (tertiary/aromatic N) is 1. The number of aliphatic hydroxyl groups is 1. The first kappa shape index (κ1) is 21.3. The predicted octanol–water partition coefficient (Wildman–Crippen LogP) is 5.24. The lowest BCUT2D eigenvalue weighted by molar-refractivity contribution is -0.132. The smallest absolute Gasteiger partial charge is 0.300 e. The number of anilines is 1. The molecule has 0 aromatic heterocycles. The van der Waals surface area contributed by atoms with E-state index in [1.165, 1.54) is 23.1 Å². The van der Waals surface area contributed by atoms with Gasteiger partial charge < -0.3 is 9.84 Å². The van der Waals surface area contributed by atoms with E-state index in [4.69, 9.17) is 4.74 Å². The number of benzene rings is 3. The first-order valence-corrected chi connectivity index (χ1v) is 10.4. The molecule has 162 valence electrons. The highest BCUT2D eigenvalue weighted by Gasteiger charge is 2.47. The summed E-state index contributed by atoms with van der Waals surface area (Å²) in [4.78, 5) is 27.4. The Balaban J connectivity index is 1.90. The van der Waals surface area contributed by atoms with Gasteiger partial charge in [0.25, 0.3) is 11.7 Å². The van der Waals surface area contributed by atoms with E-state index in [-0.39, 0.29) is 16.9 Å². The van der Waals surface area contributed by atoms with Crippen LogP contribution >= 0.6 is 0 Å². The number of amides is 1. The molecule has 5 nitrogen and oxygen atoms in total. The van der Waals surface area contributed by atoms with Crippen molar-refractivity contribution in [2.75, 3.05) is 11.5 Å². The summed E-state index contributed by atoms with van der Waals surface area (Å²) in [6.45, 7) is 2.47. The molecule has 3 aromatic carbocycles. The van der Waals surface area contributed by atoms with Gasteiger partial charge in [-0.15, -0.1) is 0 Å². The van der Waals surface area contributed by atoms with E-state index in [2.05, 4.69) is 0 Å². The van der Waals surface area contributed by atoms with E-state index in [1.807, 2.05) is 6.92 Å². The molecular weight excluding hydrogens is 409 g/mol. The molecule has 0 aliphatic carbocycles. The highest BCUT2D eigenvalue weighted by Crippen LogP contribution is 2.43. The lowest BCUT2D eigenvalue weighted by atomic mass is 9.94. The summed E-state index contributed by atoms with van der Waals surface area (Å²) in [7, 11) is 0. The Bertz CT molecular complexity index is 1190. The Labute approximate surface area is 185 Å². The van der Waals surface area contributed by atoms with Crippen LogP contribution in [0.3, 0.4) is 0 Å². The maximum Gasteiger partial charge on any atom is 0.300 e. The second-order valence-electron chi connectivity index (χ2n) is 7.40. The molecule has 32 heavy (non-hydrogen) atoms. The lowest BCUT2D eigenvalue weighted by Gasteiger charge is -2.25. The van der Waals surface area contributed by atoms with Gasteiger partial charge in [0.15, 0.2) is 0 Å². The molecule has 0 radical (unpaired) electrons. The number of ether oxygens (including phenoxy) is 1. The van der Waals surface area contributed by atoms with E-state index in [1.54, 1.807) is 60.7 Å². The quantitative estimate of drug-likeness (QED) is 0.329. The Hall–Kier alpha value is -3.93. The second kappa shape index (κ2) is 9.06. The van der Waals surface area contributed by atoms with Crippen LogP contribution in [-0.4, -0.2) is 23.4 Å². The summed E-state index contributed by atoms with van der Waals surface area (Å²) < 4.78 is 20.5. The van der Waals surface area contributed by atoms with Gasteiger partial charge in [-0.25, -0.2) is 4.39 Å². The molecule has 0 spiro atoms. The van der Waals surface area contributed by atoms with Crippen LogP contribution in [0.25, 0.3) is 5.76 Å². The van der Waals surface area contributed by atoms with Gasteiger partial charge in [-0.1, -0.05) is 55.5 Å². The van der Waals surface area contributed by atoms with Crippen LogP contribution < -0.4 is 9.64 Å². The van der Waals surface area contributed by atoms with Crippen molar-refractivity contribution < 1.29 is 23.8 Å². The van der Waals surface area contributed by atoms with Crippen LogP contribution in [0.5, 0.6) is 5.75 Å².